The van der Waals surface area contributed by atoms with Gasteiger partial charge in [0.1, 0.15) is 19.5 Å². The molecule has 1 saturated carbocycles. The maximum Gasteiger partial charge on any atom is 0.200 e. The standard InChI is InChI=1S/C20H26ClN3O3/c1-13-17(27-19(23-13)20(2)9-5-4-6-10-20)12-26-14-7-8-15(16(21)11-14)18(22)24-25-3/h7-8,11H,4-6,9-10,12H2,1-3H3,(H2,22,24). The number of aryl methyl sites for hydroxylation is 1. The number of halogens is 1. The summed E-state index contributed by atoms with van der Waals surface area (Å²) >= 11 is 6.26. The number of oxime groups is 1. The first-order chi connectivity index (χ1) is 12.9. The zero-order valence-corrected chi connectivity index (χ0v) is 16.8. The fourth-order valence-corrected chi connectivity index (χ4v) is 3.72. The van der Waals surface area contributed by atoms with Gasteiger partial charge in [-0.2, -0.15) is 0 Å². The highest BCUT2D eigenvalue weighted by molar-refractivity contribution is 6.34. The fourth-order valence-electron chi connectivity index (χ4n) is 3.46. The van der Waals surface area contributed by atoms with Gasteiger partial charge in [-0.25, -0.2) is 4.98 Å². The van der Waals surface area contributed by atoms with E-state index in [9.17, 15) is 0 Å². The van der Waals surface area contributed by atoms with Crippen molar-refractivity contribution in [1.29, 1.82) is 0 Å². The molecule has 1 aliphatic rings. The summed E-state index contributed by atoms with van der Waals surface area (Å²) in [5, 5.41) is 4.13. The molecule has 0 atom stereocenters. The Labute approximate surface area is 164 Å². The average molecular weight is 392 g/mol. The SMILES string of the molecule is CON=C(N)c1ccc(OCc2oc(C3(C)CCCCC3)nc2C)cc1Cl. The van der Waals surface area contributed by atoms with Crippen LogP contribution in [-0.4, -0.2) is 17.9 Å². The molecule has 1 heterocycles. The largest absolute Gasteiger partial charge is 0.486 e. The maximum absolute atomic E-state index is 6.26. The summed E-state index contributed by atoms with van der Waals surface area (Å²) in [4.78, 5) is 9.35. The van der Waals surface area contributed by atoms with Gasteiger partial charge in [0.05, 0.1) is 10.7 Å². The Morgan fingerprint density at radius 1 is 1.33 bits per heavy atom. The van der Waals surface area contributed by atoms with Crippen LogP contribution in [0.15, 0.2) is 27.8 Å². The molecule has 146 valence electrons. The molecule has 2 N–H and O–H groups in total. The number of hydrogen-bond acceptors (Lipinski definition) is 5. The summed E-state index contributed by atoms with van der Waals surface area (Å²) in [7, 11) is 1.43. The zero-order valence-electron chi connectivity index (χ0n) is 16.0. The normalized spacial score (nSPS) is 17.0. The third-order valence-corrected chi connectivity index (χ3v) is 5.45. The molecular weight excluding hydrogens is 366 g/mol. The number of aromatic nitrogens is 1. The molecule has 0 amide bonds. The second-order valence-corrected chi connectivity index (χ2v) is 7.65. The van der Waals surface area contributed by atoms with Crippen LogP contribution < -0.4 is 10.5 Å². The maximum atomic E-state index is 6.26. The molecule has 1 aliphatic carbocycles. The lowest BCUT2D eigenvalue weighted by molar-refractivity contribution is 0.213. The van der Waals surface area contributed by atoms with E-state index in [2.05, 4.69) is 21.9 Å². The predicted molar refractivity (Wildman–Crippen MR) is 105 cm³/mol. The molecule has 2 aromatic rings. The van der Waals surface area contributed by atoms with Crippen molar-refractivity contribution in [3.63, 3.8) is 0 Å². The molecule has 3 rings (SSSR count). The molecule has 0 spiro atoms. The molecule has 1 fully saturated rings. The van der Waals surface area contributed by atoms with Crippen LogP contribution in [0.3, 0.4) is 0 Å². The summed E-state index contributed by atoms with van der Waals surface area (Å²) in [6, 6.07) is 5.23. The Morgan fingerprint density at radius 3 is 2.74 bits per heavy atom. The lowest BCUT2D eigenvalue weighted by atomic mass is 9.76. The molecule has 6 nitrogen and oxygen atoms in total. The lowest BCUT2D eigenvalue weighted by Gasteiger charge is -2.30. The van der Waals surface area contributed by atoms with E-state index in [0.29, 0.717) is 22.9 Å². The van der Waals surface area contributed by atoms with E-state index in [1.54, 1.807) is 18.2 Å². The summed E-state index contributed by atoms with van der Waals surface area (Å²) < 4.78 is 11.9. The molecular formula is C20H26ClN3O3. The van der Waals surface area contributed by atoms with Gasteiger partial charge >= 0.3 is 0 Å². The Kier molecular flexibility index (Phi) is 5.95. The van der Waals surface area contributed by atoms with E-state index in [1.807, 2.05) is 6.92 Å². The van der Waals surface area contributed by atoms with Crippen molar-refractivity contribution in [3.8, 4) is 5.75 Å². The minimum absolute atomic E-state index is 0.0322. The number of rotatable bonds is 6. The summed E-state index contributed by atoms with van der Waals surface area (Å²) in [5.41, 5.74) is 7.30. The molecule has 1 aromatic carbocycles. The van der Waals surface area contributed by atoms with Gasteiger partial charge < -0.3 is 19.7 Å². The lowest BCUT2D eigenvalue weighted by Crippen LogP contribution is -2.25. The molecule has 1 aromatic heterocycles. The van der Waals surface area contributed by atoms with Gasteiger partial charge in [-0.15, -0.1) is 0 Å². The van der Waals surface area contributed by atoms with Crippen molar-refractivity contribution >= 4 is 17.4 Å². The highest BCUT2D eigenvalue weighted by Crippen LogP contribution is 2.39. The predicted octanol–water partition coefficient (Wildman–Crippen LogP) is 4.70. The molecule has 7 heteroatoms. The van der Waals surface area contributed by atoms with E-state index in [0.717, 1.165) is 30.2 Å². The van der Waals surface area contributed by atoms with E-state index >= 15 is 0 Å². The van der Waals surface area contributed by atoms with Crippen LogP contribution in [0.4, 0.5) is 0 Å². The Morgan fingerprint density at radius 2 is 2.07 bits per heavy atom. The number of oxazole rings is 1. The van der Waals surface area contributed by atoms with Gasteiger partial charge in [-0.05, 0) is 38.0 Å². The van der Waals surface area contributed by atoms with Gasteiger partial charge in [0.15, 0.2) is 11.6 Å². The van der Waals surface area contributed by atoms with Crippen LogP contribution in [0.2, 0.25) is 5.02 Å². The summed E-state index contributed by atoms with van der Waals surface area (Å²) in [6.07, 6.45) is 5.99. The summed E-state index contributed by atoms with van der Waals surface area (Å²) in [5.74, 6) is 2.41. The van der Waals surface area contributed by atoms with Crippen molar-refractivity contribution in [1.82, 2.24) is 4.98 Å². The average Bonchev–Trinajstić information content (AvgIpc) is 3.02. The zero-order chi connectivity index (χ0) is 19.4. The van der Waals surface area contributed by atoms with E-state index in [4.69, 9.17) is 26.5 Å². The fraction of sp³-hybridized carbons (Fsp3) is 0.500. The number of hydrogen-bond donors (Lipinski definition) is 1. The number of benzene rings is 1. The van der Waals surface area contributed by atoms with Crippen molar-refractivity contribution in [2.24, 2.45) is 10.9 Å². The van der Waals surface area contributed by atoms with Gasteiger partial charge in [0.25, 0.3) is 0 Å². The van der Waals surface area contributed by atoms with E-state index in [-0.39, 0.29) is 11.3 Å². The van der Waals surface area contributed by atoms with Crippen LogP contribution >= 0.6 is 11.6 Å². The van der Waals surface area contributed by atoms with Crippen molar-refractivity contribution < 1.29 is 14.0 Å². The number of nitrogens with two attached hydrogens (primary N) is 1. The number of ether oxygens (including phenoxy) is 1. The van der Waals surface area contributed by atoms with Gasteiger partial charge in [0, 0.05) is 11.0 Å². The van der Waals surface area contributed by atoms with Crippen molar-refractivity contribution in [2.45, 2.75) is 58.0 Å². The van der Waals surface area contributed by atoms with Gasteiger partial charge in [-0.1, -0.05) is 42.9 Å². The Bertz CT molecular complexity index is 826. The quantitative estimate of drug-likeness (QED) is 0.438. The first-order valence-corrected chi connectivity index (χ1v) is 9.57. The second kappa shape index (κ2) is 8.21. The van der Waals surface area contributed by atoms with Crippen molar-refractivity contribution in [3.05, 3.63) is 46.1 Å². The second-order valence-electron chi connectivity index (χ2n) is 7.24. The van der Waals surface area contributed by atoms with Crippen LogP contribution in [0, 0.1) is 6.92 Å². The Hall–Kier alpha value is -2.21. The highest BCUT2D eigenvalue weighted by Gasteiger charge is 2.34. The molecule has 0 bridgehead atoms. The first-order valence-electron chi connectivity index (χ1n) is 9.19. The molecule has 0 aliphatic heterocycles. The monoisotopic (exact) mass is 391 g/mol. The van der Waals surface area contributed by atoms with E-state index < -0.39 is 0 Å². The number of amidine groups is 1. The van der Waals surface area contributed by atoms with Gasteiger partial charge in [0.2, 0.25) is 5.89 Å². The van der Waals surface area contributed by atoms with Gasteiger partial charge in [-0.3, -0.25) is 0 Å². The number of nitrogens with zero attached hydrogens (tertiary/aromatic N) is 2. The highest BCUT2D eigenvalue weighted by atomic mass is 35.5. The Balaban J connectivity index is 1.70. The topological polar surface area (TPSA) is 82.9 Å². The molecule has 0 unspecified atom stereocenters. The van der Waals surface area contributed by atoms with Crippen LogP contribution in [-0.2, 0) is 16.9 Å². The molecule has 27 heavy (non-hydrogen) atoms. The summed E-state index contributed by atoms with van der Waals surface area (Å²) in [6.45, 7) is 4.49. The molecule has 0 radical (unpaired) electrons. The van der Waals surface area contributed by atoms with Crippen LogP contribution in [0.1, 0.15) is 61.9 Å². The van der Waals surface area contributed by atoms with Crippen molar-refractivity contribution in [2.75, 3.05) is 7.11 Å². The van der Waals surface area contributed by atoms with E-state index in [1.165, 1.54) is 26.4 Å². The smallest absolute Gasteiger partial charge is 0.200 e. The minimum atomic E-state index is 0.0322. The first kappa shape index (κ1) is 19.5. The molecule has 0 saturated heterocycles. The van der Waals surface area contributed by atoms with Crippen LogP contribution in [0.25, 0.3) is 0 Å². The third-order valence-electron chi connectivity index (χ3n) is 5.14. The minimum Gasteiger partial charge on any atom is -0.486 e. The van der Waals surface area contributed by atoms with Crippen LogP contribution in [0.5, 0.6) is 5.75 Å². The third kappa shape index (κ3) is 4.38.